The summed E-state index contributed by atoms with van der Waals surface area (Å²) in [6.07, 6.45) is 0. The lowest BCUT2D eigenvalue weighted by molar-refractivity contribution is -0.118. The van der Waals surface area contributed by atoms with Crippen LogP contribution in [0.2, 0.25) is 0 Å². The van der Waals surface area contributed by atoms with Crippen molar-refractivity contribution in [2.24, 2.45) is 0 Å². The van der Waals surface area contributed by atoms with Gasteiger partial charge in [0.25, 0.3) is 0 Å². The molecule has 0 aliphatic carbocycles. The molecule has 2 unspecified atom stereocenters. The van der Waals surface area contributed by atoms with Crippen LogP contribution in [0.4, 0.5) is 11.4 Å². The van der Waals surface area contributed by atoms with E-state index in [1.165, 1.54) is 13.8 Å². The fraction of sp³-hybridized carbons (Fsp3) is 0.364. The molecule has 0 bridgehead atoms. The summed E-state index contributed by atoms with van der Waals surface area (Å²) in [6.45, 7) is 4.18. The summed E-state index contributed by atoms with van der Waals surface area (Å²) >= 11 is 0. The third-order valence-corrected chi connectivity index (χ3v) is 5.08. The molecule has 7 heteroatoms. The van der Waals surface area contributed by atoms with Crippen molar-refractivity contribution in [1.29, 1.82) is 0 Å². The Morgan fingerprint density at radius 3 is 1.41 bits per heavy atom. The van der Waals surface area contributed by atoms with Crippen molar-refractivity contribution in [3.63, 3.8) is 0 Å². The largest absolute Gasteiger partial charge is 0.371 e. The second-order valence-corrected chi connectivity index (χ2v) is 7.34. The molecule has 7 nitrogen and oxygen atoms in total. The first-order chi connectivity index (χ1) is 14.0. The average molecular weight is 396 g/mol. The van der Waals surface area contributed by atoms with Crippen molar-refractivity contribution in [2.45, 2.75) is 25.3 Å². The van der Waals surface area contributed by atoms with Crippen LogP contribution in [0.3, 0.4) is 0 Å². The van der Waals surface area contributed by atoms with Gasteiger partial charge in [-0.05, 0) is 24.3 Å². The van der Waals surface area contributed by atoms with Crippen LogP contribution in [-0.2, 0) is 23.8 Å². The van der Waals surface area contributed by atoms with Gasteiger partial charge in [-0.25, -0.2) is 0 Å². The zero-order chi connectivity index (χ0) is 20.5. The van der Waals surface area contributed by atoms with E-state index in [2.05, 4.69) is 0 Å². The van der Waals surface area contributed by atoms with Crippen molar-refractivity contribution in [3.8, 4) is 0 Å². The maximum atomic E-state index is 12.3. The molecule has 2 aliphatic heterocycles. The third-order valence-electron chi connectivity index (χ3n) is 5.08. The summed E-state index contributed by atoms with van der Waals surface area (Å²) < 4.78 is 17.3. The molecule has 2 atom stereocenters. The summed E-state index contributed by atoms with van der Waals surface area (Å²) in [7, 11) is 0. The van der Waals surface area contributed by atoms with Crippen LogP contribution in [-0.4, -0.2) is 49.7 Å². The van der Waals surface area contributed by atoms with E-state index in [1.54, 1.807) is 9.80 Å². The van der Waals surface area contributed by atoms with Crippen LogP contribution in [0, 0.1) is 0 Å². The third kappa shape index (κ3) is 3.89. The molecule has 4 rings (SSSR count). The minimum Gasteiger partial charge on any atom is -0.371 e. The summed E-state index contributed by atoms with van der Waals surface area (Å²) in [6, 6.07) is 18.7. The van der Waals surface area contributed by atoms with Crippen LogP contribution < -0.4 is 9.80 Å². The molecule has 152 valence electrons. The Morgan fingerprint density at radius 2 is 1.14 bits per heavy atom. The lowest BCUT2D eigenvalue weighted by Crippen LogP contribution is -2.49. The van der Waals surface area contributed by atoms with Crippen molar-refractivity contribution in [2.75, 3.05) is 36.2 Å². The van der Waals surface area contributed by atoms with Crippen LogP contribution in [0.1, 0.15) is 13.8 Å². The summed E-state index contributed by atoms with van der Waals surface area (Å²) in [5.41, 5.74) is -0.130. The normalized spacial score (nSPS) is 24.6. The van der Waals surface area contributed by atoms with Gasteiger partial charge in [-0.1, -0.05) is 36.4 Å². The standard InChI is InChI=1S/C22H24N2O5/c1-17(25)23(19-9-5-3-6-10-19)21(15-28-21)13-27-14-22(16-29-22)24(18(2)26)20-11-7-4-8-12-20/h3-12H,13-16H2,1-2H3. The van der Waals surface area contributed by atoms with Gasteiger partial charge < -0.3 is 14.2 Å². The quantitative estimate of drug-likeness (QED) is 0.641. The Labute approximate surface area is 169 Å². The van der Waals surface area contributed by atoms with Crippen molar-refractivity contribution < 1.29 is 23.8 Å². The smallest absolute Gasteiger partial charge is 0.226 e. The van der Waals surface area contributed by atoms with Gasteiger partial charge in [0.15, 0.2) is 11.4 Å². The van der Waals surface area contributed by atoms with Gasteiger partial charge >= 0.3 is 0 Å². The Kier molecular flexibility index (Phi) is 5.12. The second-order valence-electron chi connectivity index (χ2n) is 7.34. The molecule has 2 aromatic carbocycles. The topological polar surface area (TPSA) is 74.9 Å². The molecule has 0 radical (unpaired) electrons. The maximum Gasteiger partial charge on any atom is 0.226 e. The number of epoxide rings is 2. The Balaban J connectivity index is 1.45. The van der Waals surface area contributed by atoms with E-state index >= 15 is 0 Å². The van der Waals surface area contributed by atoms with E-state index in [0.717, 1.165) is 11.4 Å². The van der Waals surface area contributed by atoms with Crippen LogP contribution in [0.5, 0.6) is 0 Å². The van der Waals surface area contributed by atoms with Gasteiger partial charge in [-0.3, -0.25) is 19.4 Å². The number of rotatable bonds is 8. The van der Waals surface area contributed by atoms with Gasteiger partial charge in [0.1, 0.15) is 13.2 Å². The van der Waals surface area contributed by atoms with Gasteiger partial charge in [0.05, 0.1) is 13.2 Å². The molecule has 0 spiro atoms. The number of ether oxygens (including phenoxy) is 3. The predicted molar refractivity (Wildman–Crippen MR) is 107 cm³/mol. The number of hydrogen-bond acceptors (Lipinski definition) is 5. The first-order valence-electron chi connectivity index (χ1n) is 9.55. The molecule has 2 saturated heterocycles. The number of anilines is 2. The number of benzene rings is 2. The van der Waals surface area contributed by atoms with E-state index < -0.39 is 11.4 Å². The highest BCUT2D eigenvalue weighted by Gasteiger charge is 2.56. The van der Waals surface area contributed by atoms with E-state index in [4.69, 9.17) is 14.2 Å². The molecule has 2 heterocycles. The fourth-order valence-corrected chi connectivity index (χ4v) is 3.65. The van der Waals surface area contributed by atoms with Gasteiger partial charge in [0, 0.05) is 25.2 Å². The minimum atomic E-state index is -0.822. The molecule has 29 heavy (non-hydrogen) atoms. The number of nitrogens with zero attached hydrogens (tertiary/aromatic N) is 2. The molecule has 2 aliphatic rings. The molecule has 2 amide bonds. The summed E-state index contributed by atoms with van der Waals surface area (Å²) in [5, 5.41) is 0. The lowest BCUT2D eigenvalue weighted by Gasteiger charge is -2.31. The van der Waals surface area contributed by atoms with Gasteiger partial charge in [0.2, 0.25) is 11.8 Å². The monoisotopic (exact) mass is 396 g/mol. The van der Waals surface area contributed by atoms with E-state index in [1.807, 2.05) is 60.7 Å². The molecular formula is C22H24N2O5. The maximum absolute atomic E-state index is 12.3. The fourth-order valence-electron chi connectivity index (χ4n) is 3.65. The van der Waals surface area contributed by atoms with Crippen molar-refractivity contribution >= 4 is 23.2 Å². The van der Waals surface area contributed by atoms with Crippen LogP contribution >= 0.6 is 0 Å². The van der Waals surface area contributed by atoms with Crippen molar-refractivity contribution in [3.05, 3.63) is 60.7 Å². The number of amides is 2. The number of carbonyl (C=O) groups is 2. The Morgan fingerprint density at radius 1 is 0.793 bits per heavy atom. The van der Waals surface area contributed by atoms with E-state index in [-0.39, 0.29) is 25.0 Å². The molecule has 0 aromatic heterocycles. The van der Waals surface area contributed by atoms with Gasteiger partial charge in [-0.2, -0.15) is 0 Å². The highest BCUT2D eigenvalue weighted by molar-refractivity contribution is 5.94. The van der Waals surface area contributed by atoms with Gasteiger partial charge in [-0.15, -0.1) is 0 Å². The molecule has 2 fully saturated rings. The number of hydrogen-bond donors (Lipinski definition) is 0. The lowest BCUT2D eigenvalue weighted by atomic mass is 10.2. The van der Waals surface area contributed by atoms with E-state index in [0.29, 0.717) is 13.2 Å². The number of para-hydroxylation sites is 2. The van der Waals surface area contributed by atoms with Crippen molar-refractivity contribution in [1.82, 2.24) is 0 Å². The molecule has 2 aromatic rings. The summed E-state index contributed by atoms with van der Waals surface area (Å²) in [4.78, 5) is 27.8. The molecular weight excluding hydrogens is 372 g/mol. The highest BCUT2D eigenvalue weighted by Crippen LogP contribution is 2.39. The SMILES string of the molecule is CC(=O)N(c1ccccc1)C1(COCC2(N(C(C)=O)c3ccccc3)CO2)CO1. The van der Waals surface area contributed by atoms with Crippen LogP contribution in [0.15, 0.2) is 60.7 Å². The first-order valence-corrected chi connectivity index (χ1v) is 9.55. The second kappa shape index (κ2) is 7.59. The summed E-state index contributed by atoms with van der Waals surface area (Å²) in [5.74, 6) is -0.242. The first kappa shape index (κ1) is 19.6. The highest BCUT2D eigenvalue weighted by atomic mass is 16.7. The zero-order valence-corrected chi connectivity index (χ0v) is 16.5. The molecule has 0 saturated carbocycles. The van der Waals surface area contributed by atoms with Crippen LogP contribution in [0.25, 0.3) is 0 Å². The minimum absolute atomic E-state index is 0.121. The zero-order valence-electron chi connectivity index (χ0n) is 16.5. The molecule has 0 N–H and O–H groups in total. The predicted octanol–water partition coefficient (Wildman–Crippen LogP) is 2.56. The van der Waals surface area contributed by atoms with E-state index in [9.17, 15) is 9.59 Å². The Hall–Kier alpha value is -2.74. The Bertz CT molecular complexity index is 805. The number of carbonyl (C=O) groups excluding carboxylic acids is 2. The average Bonchev–Trinajstić information content (AvgIpc) is 3.62.